The van der Waals surface area contributed by atoms with Crippen LogP contribution < -0.4 is 10.1 Å². The summed E-state index contributed by atoms with van der Waals surface area (Å²) in [6.07, 6.45) is 0. The van der Waals surface area contributed by atoms with Crippen molar-refractivity contribution < 1.29 is 13.2 Å². The number of morpholine rings is 1. The number of hydrazine groups is 1. The minimum absolute atomic E-state index is 0.166. The smallest absolute Gasteiger partial charge is 0.253 e. The molecule has 0 amide bonds. The first-order chi connectivity index (χ1) is 10.0. The molecular formula is C13H20ClN3O3S. The maximum absolute atomic E-state index is 12.3. The first-order valence-corrected chi connectivity index (χ1v) is 8.73. The molecular weight excluding hydrogens is 314 g/mol. The van der Waals surface area contributed by atoms with Gasteiger partial charge >= 0.3 is 0 Å². The standard InChI is InChI=1S/C13H20ClN3O3S/c1-2-15-10-11-3-4-12(9-13(11)14)21(18,19)16-17-5-7-20-8-6-17/h3-4,9,15-16H,2,5-8,10H2,1H3. The van der Waals surface area contributed by atoms with Crippen LogP contribution in [0.4, 0.5) is 0 Å². The molecule has 0 aliphatic carbocycles. The number of rotatable bonds is 6. The Bertz CT molecular complexity index is 574. The quantitative estimate of drug-likeness (QED) is 0.812. The van der Waals surface area contributed by atoms with Crippen LogP contribution in [0.2, 0.25) is 5.02 Å². The Morgan fingerprint density at radius 1 is 1.33 bits per heavy atom. The average molecular weight is 334 g/mol. The summed E-state index contributed by atoms with van der Waals surface area (Å²) < 4.78 is 29.8. The molecule has 6 nitrogen and oxygen atoms in total. The molecule has 0 unspecified atom stereocenters. The van der Waals surface area contributed by atoms with E-state index in [1.54, 1.807) is 17.1 Å². The molecule has 8 heteroatoms. The lowest BCUT2D eigenvalue weighted by Gasteiger charge is -2.26. The van der Waals surface area contributed by atoms with Crippen molar-refractivity contribution in [2.24, 2.45) is 0 Å². The molecule has 1 aliphatic rings. The zero-order valence-electron chi connectivity index (χ0n) is 11.9. The van der Waals surface area contributed by atoms with Crippen LogP contribution in [0, 0.1) is 0 Å². The zero-order valence-corrected chi connectivity index (χ0v) is 13.5. The van der Waals surface area contributed by atoms with Gasteiger partial charge in [0, 0.05) is 24.7 Å². The van der Waals surface area contributed by atoms with Crippen molar-refractivity contribution in [3.63, 3.8) is 0 Å². The Morgan fingerprint density at radius 3 is 2.67 bits per heavy atom. The van der Waals surface area contributed by atoms with E-state index in [0.717, 1.165) is 12.1 Å². The lowest BCUT2D eigenvalue weighted by molar-refractivity contribution is 0.0272. The summed E-state index contributed by atoms with van der Waals surface area (Å²) in [7, 11) is -3.60. The molecule has 2 rings (SSSR count). The van der Waals surface area contributed by atoms with E-state index in [0.29, 0.717) is 37.9 Å². The SMILES string of the molecule is CCNCc1ccc(S(=O)(=O)NN2CCOCC2)cc1Cl. The van der Waals surface area contributed by atoms with Gasteiger partial charge in [-0.3, -0.25) is 0 Å². The Balaban J connectivity index is 2.10. The Labute approximate surface area is 130 Å². The van der Waals surface area contributed by atoms with Crippen molar-refractivity contribution in [1.82, 2.24) is 15.2 Å². The maximum Gasteiger partial charge on any atom is 0.253 e. The second-order valence-electron chi connectivity index (χ2n) is 4.73. The average Bonchev–Trinajstić information content (AvgIpc) is 2.46. The highest BCUT2D eigenvalue weighted by Gasteiger charge is 2.20. The monoisotopic (exact) mass is 333 g/mol. The van der Waals surface area contributed by atoms with Crippen molar-refractivity contribution >= 4 is 21.6 Å². The first kappa shape index (κ1) is 16.7. The van der Waals surface area contributed by atoms with Gasteiger partial charge < -0.3 is 10.1 Å². The predicted octanol–water partition coefficient (Wildman–Crippen LogP) is 0.975. The Hall–Kier alpha value is -0.700. The van der Waals surface area contributed by atoms with E-state index in [2.05, 4.69) is 10.1 Å². The van der Waals surface area contributed by atoms with Gasteiger partial charge in [-0.2, -0.15) is 0 Å². The van der Waals surface area contributed by atoms with Crippen LogP contribution in [0.1, 0.15) is 12.5 Å². The fourth-order valence-electron chi connectivity index (χ4n) is 1.98. The minimum Gasteiger partial charge on any atom is -0.379 e. The van der Waals surface area contributed by atoms with Crippen LogP contribution in [0.25, 0.3) is 0 Å². The number of nitrogens with one attached hydrogen (secondary N) is 2. The highest BCUT2D eigenvalue weighted by molar-refractivity contribution is 7.89. The third-order valence-corrected chi connectivity index (χ3v) is 4.89. The third-order valence-electron chi connectivity index (χ3n) is 3.16. The van der Waals surface area contributed by atoms with Gasteiger partial charge in [0.2, 0.25) is 0 Å². The normalized spacial score (nSPS) is 17.0. The van der Waals surface area contributed by atoms with E-state index in [4.69, 9.17) is 16.3 Å². The molecule has 0 spiro atoms. The van der Waals surface area contributed by atoms with E-state index < -0.39 is 10.0 Å². The molecule has 1 aliphatic heterocycles. The number of ether oxygens (including phenoxy) is 1. The molecule has 2 N–H and O–H groups in total. The van der Waals surface area contributed by atoms with Gasteiger partial charge in [-0.15, -0.1) is 4.83 Å². The lowest BCUT2D eigenvalue weighted by atomic mass is 10.2. The summed E-state index contributed by atoms with van der Waals surface area (Å²) in [4.78, 5) is 2.72. The molecule has 1 heterocycles. The zero-order chi connectivity index (χ0) is 15.3. The van der Waals surface area contributed by atoms with Gasteiger partial charge in [0.1, 0.15) is 0 Å². The van der Waals surface area contributed by atoms with E-state index in [9.17, 15) is 8.42 Å². The second-order valence-corrected chi connectivity index (χ2v) is 6.80. The van der Waals surface area contributed by atoms with Crippen molar-refractivity contribution in [3.8, 4) is 0 Å². The van der Waals surface area contributed by atoms with Crippen LogP contribution in [-0.4, -0.2) is 46.3 Å². The summed E-state index contributed by atoms with van der Waals surface area (Å²) in [5, 5.41) is 5.24. The topological polar surface area (TPSA) is 70.7 Å². The molecule has 1 fully saturated rings. The second kappa shape index (κ2) is 7.53. The number of nitrogens with zero attached hydrogens (tertiary/aromatic N) is 1. The Kier molecular flexibility index (Phi) is 5.98. The van der Waals surface area contributed by atoms with Gasteiger partial charge in [-0.05, 0) is 24.2 Å². The third kappa shape index (κ3) is 4.64. The van der Waals surface area contributed by atoms with Gasteiger partial charge in [0.15, 0.2) is 0 Å². The van der Waals surface area contributed by atoms with E-state index >= 15 is 0 Å². The lowest BCUT2D eigenvalue weighted by Crippen LogP contribution is -2.48. The molecule has 0 saturated carbocycles. The van der Waals surface area contributed by atoms with Gasteiger partial charge in [0.25, 0.3) is 10.0 Å². The first-order valence-electron chi connectivity index (χ1n) is 6.87. The number of benzene rings is 1. The number of hydrogen-bond acceptors (Lipinski definition) is 5. The molecule has 1 saturated heterocycles. The summed E-state index contributed by atoms with van der Waals surface area (Å²) in [5.74, 6) is 0. The van der Waals surface area contributed by atoms with Crippen LogP contribution in [0.3, 0.4) is 0 Å². The van der Waals surface area contributed by atoms with Crippen molar-refractivity contribution in [1.29, 1.82) is 0 Å². The van der Waals surface area contributed by atoms with Crippen molar-refractivity contribution in [3.05, 3.63) is 28.8 Å². The van der Waals surface area contributed by atoms with Gasteiger partial charge in [-0.25, -0.2) is 13.4 Å². The summed E-state index contributed by atoms with van der Waals surface area (Å²) >= 11 is 6.15. The van der Waals surface area contributed by atoms with E-state index in [1.165, 1.54) is 6.07 Å². The molecule has 0 aromatic heterocycles. The molecule has 1 aromatic carbocycles. The van der Waals surface area contributed by atoms with Gasteiger partial charge in [0.05, 0.1) is 18.1 Å². The summed E-state index contributed by atoms with van der Waals surface area (Å²) in [5.41, 5.74) is 0.879. The molecule has 1 aromatic rings. The molecule has 118 valence electrons. The fourth-order valence-corrected chi connectivity index (χ4v) is 3.44. The van der Waals surface area contributed by atoms with Crippen LogP contribution in [0.15, 0.2) is 23.1 Å². The fraction of sp³-hybridized carbons (Fsp3) is 0.538. The highest BCUT2D eigenvalue weighted by atomic mass is 35.5. The van der Waals surface area contributed by atoms with Crippen LogP contribution in [-0.2, 0) is 21.3 Å². The number of halogens is 1. The molecule has 21 heavy (non-hydrogen) atoms. The maximum atomic E-state index is 12.3. The van der Waals surface area contributed by atoms with Crippen molar-refractivity contribution in [2.45, 2.75) is 18.4 Å². The number of hydrogen-bond donors (Lipinski definition) is 2. The van der Waals surface area contributed by atoms with Crippen LogP contribution >= 0.6 is 11.6 Å². The largest absolute Gasteiger partial charge is 0.379 e. The minimum atomic E-state index is -3.60. The van der Waals surface area contributed by atoms with E-state index in [-0.39, 0.29) is 4.90 Å². The predicted molar refractivity (Wildman–Crippen MR) is 81.5 cm³/mol. The Morgan fingerprint density at radius 2 is 2.05 bits per heavy atom. The summed E-state index contributed by atoms with van der Waals surface area (Å²) in [6.45, 7) is 5.55. The van der Waals surface area contributed by atoms with Crippen molar-refractivity contribution in [2.75, 3.05) is 32.8 Å². The highest BCUT2D eigenvalue weighted by Crippen LogP contribution is 2.21. The number of sulfonamides is 1. The molecule has 0 atom stereocenters. The van der Waals surface area contributed by atoms with Crippen LogP contribution in [0.5, 0.6) is 0 Å². The summed E-state index contributed by atoms with van der Waals surface area (Å²) in [6, 6.07) is 4.79. The molecule has 0 radical (unpaired) electrons. The van der Waals surface area contributed by atoms with Gasteiger partial charge in [-0.1, -0.05) is 24.6 Å². The molecule has 0 bridgehead atoms. The van der Waals surface area contributed by atoms with E-state index in [1.807, 2.05) is 6.92 Å².